The molecule has 2 aromatic carbocycles. The Morgan fingerprint density at radius 2 is 1.57 bits per heavy atom. The number of hydrogen-bond donors (Lipinski definition) is 1. The SMILES string of the molecule is COc1ccc(-c2nn(-c3ccc(OC)cc3)cc2-c2oc(C)cc(=O)c2O)cc1. The van der Waals surface area contributed by atoms with Gasteiger partial charge in [0.2, 0.25) is 11.2 Å². The van der Waals surface area contributed by atoms with Gasteiger partial charge >= 0.3 is 0 Å². The van der Waals surface area contributed by atoms with Crippen LogP contribution < -0.4 is 14.9 Å². The van der Waals surface area contributed by atoms with Crippen LogP contribution in [0, 0.1) is 6.92 Å². The molecule has 0 aliphatic carbocycles. The molecule has 1 N–H and O–H groups in total. The van der Waals surface area contributed by atoms with Crippen LogP contribution >= 0.6 is 0 Å². The third-order valence-electron chi connectivity index (χ3n) is 4.71. The van der Waals surface area contributed by atoms with Gasteiger partial charge < -0.3 is 19.0 Å². The first-order valence-electron chi connectivity index (χ1n) is 9.22. The quantitative estimate of drug-likeness (QED) is 0.537. The molecule has 152 valence electrons. The monoisotopic (exact) mass is 404 g/mol. The molecule has 0 bridgehead atoms. The maximum Gasteiger partial charge on any atom is 0.227 e. The zero-order chi connectivity index (χ0) is 21.3. The number of hydrogen-bond acceptors (Lipinski definition) is 6. The van der Waals surface area contributed by atoms with Crippen LogP contribution in [0.3, 0.4) is 0 Å². The number of rotatable bonds is 5. The lowest BCUT2D eigenvalue weighted by atomic mass is 10.1. The molecule has 30 heavy (non-hydrogen) atoms. The average molecular weight is 404 g/mol. The van der Waals surface area contributed by atoms with Crippen molar-refractivity contribution >= 4 is 0 Å². The van der Waals surface area contributed by atoms with Crippen LogP contribution in [0.1, 0.15) is 5.76 Å². The van der Waals surface area contributed by atoms with E-state index in [-0.39, 0.29) is 5.76 Å². The molecule has 4 aromatic rings. The first kappa shape index (κ1) is 19.3. The smallest absolute Gasteiger partial charge is 0.227 e. The first-order valence-corrected chi connectivity index (χ1v) is 9.22. The molecule has 0 fully saturated rings. The third-order valence-corrected chi connectivity index (χ3v) is 4.71. The van der Waals surface area contributed by atoms with Crippen LogP contribution in [-0.2, 0) is 0 Å². The van der Waals surface area contributed by atoms with Crippen molar-refractivity contribution in [1.82, 2.24) is 9.78 Å². The van der Waals surface area contributed by atoms with E-state index in [0.717, 1.165) is 17.0 Å². The van der Waals surface area contributed by atoms with Gasteiger partial charge in [-0.05, 0) is 55.5 Å². The predicted molar refractivity (Wildman–Crippen MR) is 112 cm³/mol. The summed E-state index contributed by atoms with van der Waals surface area (Å²) in [7, 11) is 3.20. The number of aryl methyl sites for hydroxylation is 1. The zero-order valence-electron chi connectivity index (χ0n) is 16.7. The Bertz CT molecular complexity index is 1240. The van der Waals surface area contributed by atoms with Crippen LogP contribution in [0.5, 0.6) is 17.2 Å². The third kappa shape index (κ3) is 3.53. The average Bonchev–Trinajstić information content (AvgIpc) is 3.21. The molecule has 0 unspecified atom stereocenters. The Morgan fingerprint density at radius 3 is 2.17 bits per heavy atom. The predicted octanol–water partition coefficient (Wildman–Crippen LogP) is 4.19. The van der Waals surface area contributed by atoms with Gasteiger partial charge in [0.25, 0.3) is 0 Å². The van der Waals surface area contributed by atoms with Crippen molar-refractivity contribution in [1.29, 1.82) is 0 Å². The van der Waals surface area contributed by atoms with Gasteiger partial charge in [0.15, 0.2) is 5.76 Å². The van der Waals surface area contributed by atoms with E-state index in [9.17, 15) is 9.90 Å². The topological polar surface area (TPSA) is 86.7 Å². The van der Waals surface area contributed by atoms with Crippen molar-refractivity contribution in [3.63, 3.8) is 0 Å². The molecule has 0 amide bonds. The molecule has 0 radical (unpaired) electrons. The summed E-state index contributed by atoms with van der Waals surface area (Å²) in [5.74, 6) is 1.45. The molecule has 0 spiro atoms. The summed E-state index contributed by atoms with van der Waals surface area (Å²) >= 11 is 0. The van der Waals surface area contributed by atoms with Crippen molar-refractivity contribution in [2.24, 2.45) is 0 Å². The summed E-state index contributed by atoms with van der Waals surface area (Å²) in [6, 6.07) is 16.0. The molecule has 2 heterocycles. The van der Waals surface area contributed by atoms with Crippen LogP contribution in [-0.4, -0.2) is 29.1 Å². The van der Waals surface area contributed by atoms with Crippen molar-refractivity contribution < 1.29 is 19.0 Å². The molecular weight excluding hydrogens is 384 g/mol. The maximum atomic E-state index is 12.1. The van der Waals surface area contributed by atoms with E-state index in [1.54, 1.807) is 32.0 Å². The fourth-order valence-electron chi connectivity index (χ4n) is 3.16. The molecule has 2 aromatic heterocycles. The van der Waals surface area contributed by atoms with Crippen molar-refractivity contribution in [3.8, 4) is 45.5 Å². The Labute approximate surface area is 172 Å². The second kappa shape index (κ2) is 7.79. The Hall–Kier alpha value is -4.00. The minimum absolute atomic E-state index is 0.0746. The highest BCUT2D eigenvalue weighted by atomic mass is 16.5. The lowest BCUT2D eigenvalue weighted by molar-refractivity contribution is 0.414. The number of nitrogens with zero attached hydrogens (tertiary/aromatic N) is 2. The van der Waals surface area contributed by atoms with E-state index in [0.29, 0.717) is 22.8 Å². The second-order valence-electron chi connectivity index (χ2n) is 6.66. The van der Waals surface area contributed by atoms with E-state index in [4.69, 9.17) is 19.0 Å². The Balaban J connectivity index is 1.92. The van der Waals surface area contributed by atoms with Gasteiger partial charge in [-0.1, -0.05) is 0 Å². The summed E-state index contributed by atoms with van der Waals surface area (Å²) in [4.78, 5) is 12.1. The fourth-order valence-corrected chi connectivity index (χ4v) is 3.16. The molecule has 7 nitrogen and oxygen atoms in total. The molecular formula is C23H20N2O5. The van der Waals surface area contributed by atoms with Gasteiger partial charge in [0, 0.05) is 17.8 Å². The summed E-state index contributed by atoms with van der Waals surface area (Å²) in [6.45, 7) is 1.66. The Morgan fingerprint density at radius 1 is 0.967 bits per heavy atom. The van der Waals surface area contributed by atoms with E-state index in [1.807, 2.05) is 48.5 Å². The first-order chi connectivity index (χ1) is 14.5. The molecule has 4 rings (SSSR count). The molecule has 0 aliphatic rings. The van der Waals surface area contributed by atoms with Gasteiger partial charge in [-0.2, -0.15) is 5.10 Å². The Kier molecular flexibility index (Phi) is 5.02. The highest BCUT2D eigenvalue weighted by molar-refractivity contribution is 5.80. The van der Waals surface area contributed by atoms with Crippen LogP contribution in [0.2, 0.25) is 0 Å². The standard InChI is InChI=1S/C23H20N2O5/c1-14-12-20(26)22(27)23(30-14)19-13-25(16-6-10-18(29-3)11-7-16)24-21(19)15-4-8-17(28-2)9-5-15/h4-13,27H,1-3H3. The summed E-state index contributed by atoms with van der Waals surface area (Å²) < 4.78 is 17.8. The lowest BCUT2D eigenvalue weighted by Gasteiger charge is -2.06. The number of aromatic nitrogens is 2. The highest BCUT2D eigenvalue weighted by Gasteiger charge is 2.21. The van der Waals surface area contributed by atoms with Gasteiger partial charge in [-0.25, -0.2) is 4.68 Å². The van der Waals surface area contributed by atoms with Gasteiger partial charge in [-0.15, -0.1) is 0 Å². The van der Waals surface area contributed by atoms with E-state index < -0.39 is 11.2 Å². The zero-order valence-corrected chi connectivity index (χ0v) is 16.7. The minimum atomic E-state index is -0.508. The molecule has 0 saturated carbocycles. The largest absolute Gasteiger partial charge is 0.502 e. The number of methoxy groups -OCH3 is 2. The van der Waals surface area contributed by atoms with Crippen molar-refractivity contribution in [2.45, 2.75) is 6.92 Å². The minimum Gasteiger partial charge on any atom is -0.502 e. The molecule has 0 atom stereocenters. The van der Waals surface area contributed by atoms with Crippen LogP contribution in [0.25, 0.3) is 28.3 Å². The van der Waals surface area contributed by atoms with E-state index in [2.05, 4.69) is 0 Å². The number of benzene rings is 2. The summed E-state index contributed by atoms with van der Waals surface area (Å²) in [5.41, 5.74) is 2.10. The fraction of sp³-hybridized carbons (Fsp3) is 0.130. The van der Waals surface area contributed by atoms with Crippen LogP contribution in [0.4, 0.5) is 0 Å². The lowest BCUT2D eigenvalue weighted by Crippen LogP contribution is -2.01. The second-order valence-corrected chi connectivity index (χ2v) is 6.66. The maximum absolute atomic E-state index is 12.1. The highest BCUT2D eigenvalue weighted by Crippen LogP contribution is 2.36. The number of ether oxygens (including phenoxy) is 2. The summed E-state index contributed by atoms with van der Waals surface area (Å²) in [5, 5.41) is 15.1. The molecule has 0 aliphatic heterocycles. The normalized spacial score (nSPS) is 10.8. The molecule has 7 heteroatoms. The van der Waals surface area contributed by atoms with Gasteiger partial charge in [0.1, 0.15) is 23.0 Å². The summed E-state index contributed by atoms with van der Waals surface area (Å²) in [6.07, 6.45) is 1.72. The van der Waals surface area contributed by atoms with Crippen molar-refractivity contribution in [2.75, 3.05) is 14.2 Å². The molecule has 0 saturated heterocycles. The van der Waals surface area contributed by atoms with E-state index >= 15 is 0 Å². The van der Waals surface area contributed by atoms with Crippen LogP contribution in [0.15, 0.2) is 70.0 Å². The number of aromatic hydroxyl groups is 1. The van der Waals surface area contributed by atoms with Crippen molar-refractivity contribution in [3.05, 3.63) is 76.8 Å². The van der Waals surface area contributed by atoms with Gasteiger partial charge in [-0.3, -0.25) is 4.79 Å². The van der Waals surface area contributed by atoms with Gasteiger partial charge in [0.05, 0.1) is 25.5 Å². The van der Waals surface area contributed by atoms with E-state index in [1.165, 1.54) is 6.07 Å².